The Bertz CT molecular complexity index is 572. The van der Waals surface area contributed by atoms with Gasteiger partial charge in [0.15, 0.2) is 0 Å². The first-order valence-corrected chi connectivity index (χ1v) is 7.66. The van der Waals surface area contributed by atoms with Crippen LogP contribution < -0.4 is 11.1 Å². The molecule has 4 aliphatic carbocycles. The van der Waals surface area contributed by atoms with Crippen molar-refractivity contribution in [1.82, 2.24) is 0 Å². The van der Waals surface area contributed by atoms with Gasteiger partial charge in [-0.2, -0.15) is 5.26 Å². The first kappa shape index (κ1) is 12.2. The molecule has 3 N–H and O–H groups in total. The van der Waals surface area contributed by atoms with E-state index in [1.54, 1.807) is 0 Å². The number of rotatable bonds is 2. The SMILES string of the molecule is N#Cc1ccccc1NC12CC3CC(CC(N)(C3)C1)C2. The van der Waals surface area contributed by atoms with Crippen LogP contribution in [-0.2, 0) is 0 Å². The molecular formula is C17H21N3. The molecule has 4 aliphatic rings. The summed E-state index contributed by atoms with van der Waals surface area (Å²) in [4.78, 5) is 0. The third-order valence-corrected chi connectivity index (χ3v) is 5.55. The van der Waals surface area contributed by atoms with Gasteiger partial charge in [-0.1, -0.05) is 12.1 Å². The number of nitriles is 1. The normalized spacial score (nSPS) is 41.4. The average Bonchev–Trinajstić information content (AvgIpc) is 2.35. The summed E-state index contributed by atoms with van der Waals surface area (Å²) in [7, 11) is 0. The number of anilines is 1. The zero-order chi connectivity index (χ0) is 13.8. The van der Waals surface area contributed by atoms with E-state index in [1.165, 1.54) is 32.1 Å². The van der Waals surface area contributed by atoms with E-state index in [0.717, 1.165) is 29.5 Å². The fourth-order valence-corrected chi connectivity index (χ4v) is 5.45. The molecule has 4 saturated carbocycles. The molecule has 0 heterocycles. The van der Waals surface area contributed by atoms with Gasteiger partial charge in [-0.25, -0.2) is 0 Å². The topological polar surface area (TPSA) is 61.8 Å². The summed E-state index contributed by atoms with van der Waals surface area (Å²) in [6, 6.07) is 10.1. The first-order valence-electron chi connectivity index (χ1n) is 7.66. The summed E-state index contributed by atoms with van der Waals surface area (Å²) >= 11 is 0. The first-order chi connectivity index (χ1) is 9.60. The number of hydrogen-bond acceptors (Lipinski definition) is 3. The number of nitrogens with zero attached hydrogens (tertiary/aromatic N) is 1. The fourth-order valence-electron chi connectivity index (χ4n) is 5.45. The molecule has 5 rings (SSSR count). The van der Waals surface area contributed by atoms with Crippen LogP contribution in [0, 0.1) is 23.2 Å². The van der Waals surface area contributed by atoms with Gasteiger partial charge in [-0.3, -0.25) is 0 Å². The number of nitrogens with one attached hydrogen (secondary N) is 1. The predicted molar refractivity (Wildman–Crippen MR) is 79.1 cm³/mol. The van der Waals surface area contributed by atoms with Crippen molar-refractivity contribution in [3.05, 3.63) is 29.8 Å². The largest absolute Gasteiger partial charge is 0.378 e. The molecular weight excluding hydrogens is 246 g/mol. The van der Waals surface area contributed by atoms with E-state index in [9.17, 15) is 5.26 Å². The second-order valence-electron chi connectivity index (χ2n) is 7.39. The number of nitrogens with two attached hydrogens (primary N) is 1. The van der Waals surface area contributed by atoms with Crippen molar-refractivity contribution in [2.45, 2.75) is 49.6 Å². The molecule has 3 heteroatoms. The van der Waals surface area contributed by atoms with E-state index < -0.39 is 0 Å². The lowest BCUT2D eigenvalue weighted by Crippen LogP contribution is -2.65. The maximum atomic E-state index is 9.27. The van der Waals surface area contributed by atoms with Crippen LogP contribution in [0.4, 0.5) is 5.69 Å². The van der Waals surface area contributed by atoms with E-state index in [4.69, 9.17) is 5.73 Å². The summed E-state index contributed by atoms with van der Waals surface area (Å²) in [5.41, 5.74) is 8.53. The molecule has 3 nitrogen and oxygen atoms in total. The Morgan fingerprint density at radius 3 is 2.50 bits per heavy atom. The monoisotopic (exact) mass is 267 g/mol. The summed E-state index contributed by atoms with van der Waals surface area (Å²) in [6.45, 7) is 0. The van der Waals surface area contributed by atoms with Crippen LogP contribution in [0.3, 0.4) is 0 Å². The number of para-hydroxylation sites is 1. The molecule has 1 aromatic carbocycles. The van der Waals surface area contributed by atoms with Crippen LogP contribution >= 0.6 is 0 Å². The molecule has 0 aromatic heterocycles. The average molecular weight is 267 g/mol. The van der Waals surface area contributed by atoms with Gasteiger partial charge in [-0.15, -0.1) is 0 Å². The van der Waals surface area contributed by atoms with Crippen molar-refractivity contribution >= 4 is 5.69 Å². The lowest BCUT2D eigenvalue weighted by Gasteiger charge is -2.61. The molecule has 0 radical (unpaired) electrons. The van der Waals surface area contributed by atoms with Crippen LogP contribution in [0.2, 0.25) is 0 Å². The van der Waals surface area contributed by atoms with Crippen LogP contribution in [0.5, 0.6) is 0 Å². The molecule has 2 atom stereocenters. The van der Waals surface area contributed by atoms with Gasteiger partial charge >= 0.3 is 0 Å². The zero-order valence-corrected chi connectivity index (χ0v) is 11.7. The third-order valence-electron chi connectivity index (χ3n) is 5.55. The maximum absolute atomic E-state index is 9.27. The highest BCUT2D eigenvalue weighted by atomic mass is 15.0. The van der Waals surface area contributed by atoms with Crippen LogP contribution in [0.1, 0.15) is 44.1 Å². The molecule has 104 valence electrons. The van der Waals surface area contributed by atoms with Gasteiger partial charge in [0.1, 0.15) is 6.07 Å². The Morgan fingerprint density at radius 2 is 1.85 bits per heavy atom. The van der Waals surface area contributed by atoms with E-state index in [0.29, 0.717) is 0 Å². The van der Waals surface area contributed by atoms with Crippen molar-refractivity contribution in [1.29, 1.82) is 5.26 Å². The predicted octanol–water partition coefficient (Wildman–Crippen LogP) is 3.02. The molecule has 2 unspecified atom stereocenters. The summed E-state index contributed by atoms with van der Waals surface area (Å²) in [6.07, 6.45) is 7.28. The second kappa shape index (κ2) is 3.99. The molecule has 20 heavy (non-hydrogen) atoms. The minimum atomic E-state index is 0.0403. The Hall–Kier alpha value is -1.53. The third kappa shape index (κ3) is 1.83. The lowest BCUT2D eigenvalue weighted by atomic mass is 9.50. The van der Waals surface area contributed by atoms with Crippen LogP contribution in [0.15, 0.2) is 24.3 Å². The zero-order valence-electron chi connectivity index (χ0n) is 11.7. The molecule has 4 bridgehead atoms. The quantitative estimate of drug-likeness (QED) is 0.865. The maximum Gasteiger partial charge on any atom is 0.101 e. The standard InChI is InChI=1S/C17H21N3/c18-10-14-3-1-2-4-15(14)20-17-8-12-5-13(9-17)7-16(19,6-12)11-17/h1-4,12-13,20H,5-9,11,19H2. The van der Waals surface area contributed by atoms with Crippen LogP contribution in [0.25, 0.3) is 0 Å². The molecule has 4 fully saturated rings. The molecule has 0 saturated heterocycles. The number of benzene rings is 1. The highest BCUT2D eigenvalue weighted by molar-refractivity contribution is 5.59. The van der Waals surface area contributed by atoms with Crippen molar-refractivity contribution in [3.63, 3.8) is 0 Å². The molecule has 0 amide bonds. The smallest absolute Gasteiger partial charge is 0.101 e. The van der Waals surface area contributed by atoms with Crippen LogP contribution in [-0.4, -0.2) is 11.1 Å². The van der Waals surface area contributed by atoms with Crippen molar-refractivity contribution < 1.29 is 0 Å². The van der Waals surface area contributed by atoms with Gasteiger partial charge < -0.3 is 11.1 Å². The van der Waals surface area contributed by atoms with Gasteiger partial charge in [0.05, 0.1) is 11.3 Å². The molecule has 0 aliphatic heterocycles. The minimum Gasteiger partial charge on any atom is -0.378 e. The van der Waals surface area contributed by atoms with Gasteiger partial charge in [-0.05, 0) is 62.5 Å². The molecule has 1 aromatic rings. The van der Waals surface area contributed by atoms with Crippen molar-refractivity contribution in [3.8, 4) is 6.07 Å². The lowest BCUT2D eigenvalue weighted by molar-refractivity contribution is -0.00776. The highest BCUT2D eigenvalue weighted by Gasteiger charge is 2.56. The summed E-state index contributed by atoms with van der Waals surface area (Å²) in [5, 5.41) is 13.0. The minimum absolute atomic E-state index is 0.0403. The second-order valence-corrected chi connectivity index (χ2v) is 7.39. The van der Waals surface area contributed by atoms with E-state index in [2.05, 4.69) is 11.4 Å². The Morgan fingerprint density at radius 1 is 1.15 bits per heavy atom. The summed E-state index contributed by atoms with van der Waals surface area (Å²) in [5.74, 6) is 1.56. The van der Waals surface area contributed by atoms with Gasteiger partial charge in [0.2, 0.25) is 0 Å². The van der Waals surface area contributed by atoms with Gasteiger partial charge in [0, 0.05) is 11.1 Å². The van der Waals surface area contributed by atoms with Crippen molar-refractivity contribution in [2.24, 2.45) is 17.6 Å². The van der Waals surface area contributed by atoms with E-state index >= 15 is 0 Å². The molecule has 0 spiro atoms. The fraction of sp³-hybridized carbons (Fsp3) is 0.588. The Balaban J connectivity index is 1.67. The highest BCUT2D eigenvalue weighted by Crippen LogP contribution is 2.57. The Kier molecular flexibility index (Phi) is 2.44. The van der Waals surface area contributed by atoms with Crippen molar-refractivity contribution in [2.75, 3.05) is 5.32 Å². The Labute approximate surface area is 120 Å². The van der Waals surface area contributed by atoms with E-state index in [1.807, 2.05) is 24.3 Å². The van der Waals surface area contributed by atoms with E-state index in [-0.39, 0.29) is 11.1 Å². The number of hydrogen-bond donors (Lipinski definition) is 2. The van der Waals surface area contributed by atoms with Gasteiger partial charge in [0.25, 0.3) is 0 Å². The summed E-state index contributed by atoms with van der Waals surface area (Å²) < 4.78 is 0.